The number of carbonyl (C=O) groups is 1. The Morgan fingerprint density at radius 2 is 2.41 bits per heavy atom. The van der Waals surface area contributed by atoms with Crippen LogP contribution in [0.5, 0.6) is 0 Å². The molecule has 3 N–H and O–H groups in total. The predicted molar refractivity (Wildman–Crippen MR) is 76.6 cm³/mol. The lowest BCUT2D eigenvalue weighted by Gasteiger charge is -2.16. The third-order valence-electron chi connectivity index (χ3n) is 2.45. The van der Waals surface area contributed by atoms with Crippen LogP contribution in [0.4, 0.5) is 0 Å². The smallest absolute Gasteiger partial charge is 0.237 e. The number of hydrogen-bond acceptors (Lipinski definition) is 4. The number of amides is 1. The summed E-state index contributed by atoms with van der Waals surface area (Å²) in [6, 6.07) is 3.87. The molecular formula is C12H20N2OS2. The Morgan fingerprint density at radius 3 is 3.00 bits per heavy atom. The van der Waals surface area contributed by atoms with Gasteiger partial charge in [-0.25, -0.2) is 0 Å². The molecule has 0 saturated heterocycles. The zero-order valence-electron chi connectivity index (χ0n) is 10.3. The summed E-state index contributed by atoms with van der Waals surface area (Å²) in [5.41, 5.74) is 5.80. The van der Waals surface area contributed by atoms with Gasteiger partial charge in [-0.1, -0.05) is 6.07 Å². The van der Waals surface area contributed by atoms with Gasteiger partial charge in [0.05, 0.1) is 6.04 Å². The zero-order valence-corrected chi connectivity index (χ0v) is 11.9. The minimum atomic E-state index is -0.381. The lowest BCUT2D eigenvalue weighted by Crippen LogP contribution is -2.45. The summed E-state index contributed by atoms with van der Waals surface area (Å²) < 4.78 is 0. The van der Waals surface area contributed by atoms with Crippen molar-refractivity contribution >= 4 is 29.0 Å². The summed E-state index contributed by atoms with van der Waals surface area (Å²) in [4.78, 5) is 13.0. The van der Waals surface area contributed by atoms with Gasteiger partial charge in [0.2, 0.25) is 5.91 Å². The summed E-state index contributed by atoms with van der Waals surface area (Å²) in [5.74, 6) is 0.886. The first-order valence-electron chi connectivity index (χ1n) is 5.70. The van der Waals surface area contributed by atoms with Gasteiger partial charge < -0.3 is 11.1 Å². The topological polar surface area (TPSA) is 55.1 Å². The van der Waals surface area contributed by atoms with Gasteiger partial charge in [-0.2, -0.15) is 11.8 Å². The Hall–Kier alpha value is -0.520. The summed E-state index contributed by atoms with van der Waals surface area (Å²) in [7, 11) is 0. The van der Waals surface area contributed by atoms with Crippen LogP contribution in [-0.2, 0) is 11.2 Å². The van der Waals surface area contributed by atoms with E-state index in [0.717, 1.165) is 18.6 Å². The molecule has 1 rings (SSSR count). The Kier molecular flexibility index (Phi) is 6.62. The molecule has 1 heterocycles. The van der Waals surface area contributed by atoms with Crippen LogP contribution < -0.4 is 11.1 Å². The van der Waals surface area contributed by atoms with Crippen LogP contribution in [0.3, 0.4) is 0 Å². The van der Waals surface area contributed by atoms with E-state index >= 15 is 0 Å². The van der Waals surface area contributed by atoms with Crippen molar-refractivity contribution in [2.24, 2.45) is 5.73 Å². The van der Waals surface area contributed by atoms with Crippen molar-refractivity contribution in [2.75, 3.05) is 12.0 Å². The monoisotopic (exact) mass is 272 g/mol. The van der Waals surface area contributed by atoms with Crippen LogP contribution in [0.2, 0.25) is 0 Å². The summed E-state index contributed by atoms with van der Waals surface area (Å²) in [6.45, 7) is 2.01. The maximum atomic E-state index is 11.7. The van der Waals surface area contributed by atoms with Crippen molar-refractivity contribution in [1.29, 1.82) is 0 Å². The number of rotatable bonds is 7. The highest BCUT2D eigenvalue weighted by molar-refractivity contribution is 7.98. The quantitative estimate of drug-likeness (QED) is 0.797. The molecule has 5 heteroatoms. The fourth-order valence-corrected chi connectivity index (χ4v) is 2.83. The van der Waals surface area contributed by atoms with Crippen LogP contribution in [0, 0.1) is 0 Å². The molecular weight excluding hydrogens is 252 g/mol. The Labute approximate surface area is 111 Å². The maximum absolute atomic E-state index is 11.7. The van der Waals surface area contributed by atoms with Gasteiger partial charge in [-0.15, -0.1) is 11.3 Å². The number of carbonyl (C=O) groups excluding carboxylic acids is 1. The first-order chi connectivity index (χ1) is 8.13. The average molecular weight is 272 g/mol. The SMILES string of the molecule is CSCC[C@H](N)C(=O)NC(C)Cc1cccs1. The van der Waals surface area contributed by atoms with E-state index in [1.165, 1.54) is 4.88 Å². The van der Waals surface area contributed by atoms with E-state index in [1.54, 1.807) is 23.1 Å². The van der Waals surface area contributed by atoms with Gasteiger partial charge in [-0.05, 0) is 36.8 Å². The van der Waals surface area contributed by atoms with Crippen molar-refractivity contribution in [3.05, 3.63) is 22.4 Å². The summed E-state index contributed by atoms with van der Waals surface area (Å²) in [5, 5.41) is 5.01. The van der Waals surface area contributed by atoms with Crippen molar-refractivity contribution in [3.8, 4) is 0 Å². The van der Waals surface area contributed by atoms with E-state index in [1.807, 2.05) is 24.6 Å². The molecule has 0 radical (unpaired) electrons. The average Bonchev–Trinajstić information content (AvgIpc) is 2.78. The Morgan fingerprint density at radius 1 is 1.65 bits per heavy atom. The number of nitrogens with one attached hydrogen (secondary N) is 1. The van der Waals surface area contributed by atoms with E-state index in [4.69, 9.17) is 5.73 Å². The molecule has 0 aliphatic heterocycles. The van der Waals surface area contributed by atoms with Gasteiger partial charge in [0.1, 0.15) is 0 Å². The normalized spacial score (nSPS) is 14.3. The molecule has 1 aromatic heterocycles. The second-order valence-electron chi connectivity index (χ2n) is 4.08. The van der Waals surface area contributed by atoms with Gasteiger partial charge in [0.15, 0.2) is 0 Å². The van der Waals surface area contributed by atoms with Crippen LogP contribution in [0.25, 0.3) is 0 Å². The highest BCUT2D eigenvalue weighted by Crippen LogP contribution is 2.11. The van der Waals surface area contributed by atoms with E-state index in [9.17, 15) is 4.79 Å². The van der Waals surface area contributed by atoms with Crippen molar-refractivity contribution in [3.63, 3.8) is 0 Å². The maximum Gasteiger partial charge on any atom is 0.237 e. The fraction of sp³-hybridized carbons (Fsp3) is 0.583. The summed E-state index contributed by atoms with van der Waals surface area (Å²) >= 11 is 3.43. The number of hydrogen-bond donors (Lipinski definition) is 2. The number of thioether (sulfide) groups is 1. The van der Waals surface area contributed by atoms with Crippen LogP contribution >= 0.6 is 23.1 Å². The molecule has 96 valence electrons. The first kappa shape index (κ1) is 14.5. The molecule has 0 spiro atoms. The highest BCUT2D eigenvalue weighted by atomic mass is 32.2. The van der Waals surface area contributed by atoms with Gasteiger partial charge in [0.25, 0.3) is 0 Å². The molecule has 0 aromatic carbocycles. The van der Waals surface area contributed by atoms with Gasteiger partial charge in [-0.3, -0.25) is 4.79 Å². The third-order valence-corrected chi connectivity index (χ3v) is 3.99. The third kappa shape index (κ3) is 5.57. The Balaban J connectivity index is 2.30. The molecule has 0 fully saturated rings. The highest BCUT2D eigenvalue weighted by Gasteiger charge is 2.15. The van der Waals surface area contributed by atoms with Gasteiger partial charge in [0, 0.05) is 17.3 Å². The predicted octanol–water partition coefficient (Wildman–Crippen LogP) is 1.88. The van der Waals surface area contributed by atoms with Crippen molar-refractivity contribution in [2.45, 2.75) is 31.8 Å². The van der Waals surface area contributed by atoms with Crippen LogP contribution in [0.15, 0.2) is 17.5 Å². The van der Waals surface area contributed by atoms with E-state index in [-0.39, 0.29) is 18.0 Å². The molecule has 1 aromatic rings. The molecule has 3 nitrogen and oxygen atoms in total. The van der Waals surface area contributed by atoms with Crippen molar-refractivity contribution < 1.29 is 4.79 Å². The standard InChI is InChI=1S/C12H20N2OS2/c1-9(8-10-4-3-6-17-10)14-12(15)11(13)5-7-16-2/h3-4,6,9,11H,5,7-8,13H2,1-2H3,(H,14,15)/t9?,11-/m0/s1. The molecule has 0 bridgehead atoms. The van der Waals surface area contributed by atoms with E-state index < -0.39 is 0 Å². The second-order valence-corrected chi connectivity index (χ2v) is 6.10. The molecule has 0 aliphatic rings. The lowest BCUT2D eigenvalue weighted by atomic mass is 10.1. The van der Waals surface area contributed by atoms with E-state index in [0.29, 0.717) is 0 Å². The largest absolute Gasteiger partial charge is 0.352 e. The molecule has 0 aliphatic carbocycles. The first-order valence-corrected chi connectivity index (χ1v) is 7.98. The molecule has 2 atom stereocenters. The minimum Gasteiger partial charge on any atom is -0.352 e. The molecule has 0 saturated carbocycles. The van der Waals surface area contributed by atoms with Crippen molar-refractivity contribution in [1.82, 2.24) is 5.32 Å². The fourth-order valence-electron chi connectivity index (χ4n) is 1.51. The Bertz CT molecular complexity index is 327. The minimum absolute atomic E-state index is 0.0388. The van der Waals surface area contributed by atoms with Crippen LogP contribution in [0.1, 0.15) is 18.2 Å². The van der Waals surface area contributed by atoms with Gasteiger partial charge >= 0.3 is 0 Å². The molecule has 1 amide bonds. The summed E-state index contributed by atoms with van der Waals surface area (Å²) in [6.07, 6.45) is 3.63. The second kappa shape index (κ2) is 7.74. The lowest BCUT2D eigenvalue weighted by molar-refractivity contribution is -0.122. The van der Waals surface area contributed by atoms with Crippen LogP contribution in [-0.4, -0.2) is 30.0 Å². The number of thiophene rings is 1. The number of nitrogens with two attached hydrogens (primary N) is 1. The molecule has 1 unspecified atom stereocenters. The molecule has 17 heavy (non-hydrogen) atoms. The zero-order chi connectivity index (χ0) is 12.7. The van der Waals surface area contributed by atoms with E-state index in [2.05, 4.69) is 11.4 Å².